The van der Waals surface area contributed by atoms with E-state index in [0.29, 0.717) is 41.6 Å². The van der Waals surface area contributed by atoms with Gasteiger partial charge in [-0.05, 0) is 31.9 Å². The minimum absolute atomic E-state index is 0.231. The van der Waals surface area contributed by atoms with Crippen LogP contribution in [0.4, 0.5) is 5.69 Å². The monoisotopic (exact) mass is 428 g/mol. The van der Waals surface area contributed by atoms with Crippen molar-refractivity contribution in [3.05, 3.63) is 62.4 Å². The molecule has 4 rings (SSSR count). The maximum atomic E-state index is 12.5. The molecule has 0 aliphatic heterocycles. The Morgan fingerprint density at radius 3 is 2.70 bits per heavy atom. The summed E-state index contributed by atoms with van der Waals surface area (Å²) in [5.74, 6) is 1.24. The number of halogens is 1. The van der Waals surface area contributed by atoms with Crippen LogP contribution in [0, 0.1) is 19.8 Å². The van der Waals surface area contributed by atoms with Crippen LogP contribution in [0.5, 0.6) is 5.88 Å². The molecule has 1 aliphatic rings. The minimum Gasteiger partial charge on any atom is -0.476 e. The molecule has 0 saturated heterocycles. The lowest BCUT2D eigenvalue weighted by Gasteiger charge is -2.11. The standard InChI is InChI=1S/C21H25ClN6O2/c1-12-5-6-16(23-9-12)15-7-14(15)11-30-19-8-17(21(29)28(4)26-19)24-10-18-20(22)13(2)25-27(18)3/h5-6,8-9,14-15,24H,7,10-11H2,1-4H3/t14-,15+/m1/s1. The van der Waals surface area contributed by atoms with Gasteiger partial charge in [-0.2, -0.15) is 5.10 Å². The third kappa shape index (κ3) is 4.18. The normalized spacial score (nSPS) is 17.8. The average molecular weight is 429 g/mol. The predicted octanol–water partition coefficient (Wildman–Crippen LogP) is 2.97. The molecule has 3 heterocycles. The minimum atomic E-state index is -0.231. The van der Waals surface area contributed by atoms with Gasteiger partial charge in [0.05, 0.1) is 29.6 Å². The van der Waals surface area contributed by atoms with Crippen molar-refractivity contribution >= 4 is 17.3 Å². The lowest BCUT2D eigenvalue weighted by molar-refractivity contribution is 0.278. The van der Waals surface area contributed by atoms with Gasteiger partial charge in [0.15, 0.2) is 0 Å². The van der Waals surface area contributed by atoms with Crippen LogP contribution in [0.15, 0.2) is 29.2 Å². The summed E-state index contributed by atoms with van der Waals surface area (Å²) in [4.78, 5) is 17.0. The molecule has 0 spiro atoms. The van der Waals surface area contributed by atoms with E-state index in [1.54, 1.807) is 17.8 Å². The highest BCUT2D eigenvalue weighted by molar-refractivity contribution is 6.31. The number of nitrogens with zero attached hydrogens (tertiary/aromatic N) is 5. The summed E-state index contributed by atoms with van der Waals surface area (Å²) in [5, 5.41) is 12.2. The van der Waals surface area contributed by atoms with E-state index in [1.807, 2.05) is 27.1 Å². The van der Waals surface area contributed by atoms with Crippen LogP contribution in [0.25, 0.3) is 0 Å². The largest absolute Gasteiger partial charge is 0.476 e. The van der Waals surface area contributed by atoms with E-state index in [9.17, 15) is 4.79 Å². The summed E-state index contributed by atoms with van der Waals surface area (Å²) >= 11 is 6.30. The summed E-state index contributed by atoms with van der Waals surface area (Å²) in [6.07, 6.45) is 2.94. The first kappa shape index (κ1) is 20.4. The molecule has 3 aromatic heterocycles. The molecular formula is C21H25ClN6O2. The van der Waals surface area contributed by atoms with Gasteiger partial charge in [-0.25, -0.2) is 4.68 Å². The van der Waals surface area contributed by atoms with Gasteiger partial charge in [0.1, 0.15) is 5.69 Å². The van der Waals surface area contributed by atoms with Gasteiger partial charge < -0.3 is 10.1 Å². The number of hydrogen-bond acceptors (Lipinski definition) is 6. The molecule has 1 fully saturated rings. The first-order valence-electron chi connectivity index (χ1n) is 9.89. The van der Waals surface area contributed by atoms with Gasteiger partial charge in [0.2, 0.25) is 5.88 Å². The van der Waals surface area contributed by atoms with Crippen LogP contribution in [0.3, 0.4) is 0 Å². The molecule has 3 aromatic rings. The second-order valence-electron chi connectivity index (χ2n) is 7.82. The summed E-state index contributed by atoms with van der Waals surface area (Å²) < 4.78 is 8.89. The third-order valence-electron chi connectivity index (χ3n) is 5.43. The first-order valence-corrected chi connectivity index (χ1v) is 10.3. The molecule has 158 valence electrons. The number of rotatable bonds is 7. The second-order valence-corrected chi connectivity index (χ2v) is 8.20. The molecule has 8 nitrogen and oxygen atoms in total. The molecule has 0 aromatic carbocycles. The van der Waals surface area contributed by atoms with Crippen LogP contribution in [0.2, 0.25) is 5.02 Å². The smallest absolute Gasteiger partial charge is 0.290 e. The van der Waals surface area contributed by atoms with Crippen LogP contribution < -0.4 is 15.6 Å². The van der Waals surface area contributed by atoms with Crippen molar-refractivity contribution in [3.8, 4) is 5.88 Å². The van der Waals surface area contributed by atoms with Crippen molar-refractivity contribution in [2.45, 2.75) is 32.7 Å². The fourth-order valence-electron chi connectivity index (χ4n) is 3.51. The molecule has 0 bridgehead atoms. The van der Waals surface area contributed by atoms with E-state index in [4.69, 9.17) is 16.3 Å². The average Bonchev–Trinajstić information content (AvgIpc) is 3.44. The van der Waals surface area contributed by atoms with Crippen LogP contribution in [0.1, 0.15) is 35.0 Å². The second kappa shape index (κ2) is 8.10. The Kier molecular flexibility index (Phi) is 5.51. The van der Waals surface area contributed by atoms with Crippen LogP contribution in [-0.2, 0) is 20.6 Å². The third-order valence-corrected chi connectivity index (χ3v) is 5.92. The Bertz CT molecular complexity index is 1120. The van der Waals surface area contributed by atoms with Crippen molar-refractivity contribution in [2.75, 3.05) is 11.9 Å². The van der Waals surface area contributed by atoms with Crippen LogP contribution >= 0.6 is 11.6 Å². The van der Waals surface area contributed by atoms with Gasteiger partial charge in [0, 0.05) is 43.9 Å². The topological polar surface area (TPSA) is 86.9 Å². The molecule has 1 saturated carbocycles. The van der Waals surface area contributed by atoms with Crippen molar-refractivity contribution in [2.24, 2.45) is 20.0 Å². The van der Waals surface area contributed by atoms with E-state index >= 15 is 0 Å². The highest BCUT2D eigenvalue weighted by atomic mass is 35.5. The Morgan fingerprint density at radius 2 is 2.03 bits per heavy atom. The van der Waals surface area contributed by atoms with E-state index < -0.39 is 0 Å². The van der Waals surface area contributed by atoms with Crippen molar-refractivity contribution in [3.63, 3.8) is 0 Å². The maximum absolute atomic E-state index is 12.5. The van der Waals surface area contributed by atoms with Gasteiger partial charge in [-0.1, -0.05) is 17.7 Å². The SMILES string of the molecule is Cc1ccc([C@H]2C[C@@H]2COc2cc(NCc3c(Cl)c(C)nn3C)c(=O)n(C)n2)nc1. The molecule has 0 radical (unpaired) electrons. The number of hydrogen-bond donors (Lipinski definition) is 1. The van der Waals surface area contributed by atoms with E-state index in [1.165, 1.54) is 4.68 Å². The number of aromatic nitrogens is 5. The van der Waals surface area contributed by atoms with Gasteiger partial charge in [-0.15, -0.1) is 5.10 Å². The molecule has 9 heteroatoms. The number of anilines is 1. The summed E-state index contributed by atoms with van der Waals surface area (Å²) in [6, 6.07) is 5.81. The number of aryl methyl sites for hydroxylation is 4. The van der Waals surface area contributed by atoms with Crippen LogP contribution in [-0.4, -0.2) is 31.2 Å². The molecule has 1 N–H and O–H groups in total. The lowest BCUT2D eigenvalue weighted by atomic mass is 10.2. The fraction of sp³-hybridized carbons (Fsp3) is 0.429. The van der Waals surface area contributed by atoms with Crippen molar-refractivity contribution in [1.29, 1.82) is 0 Å². The van der Waals surface area contributed by atoms with E-state index in [0.717, 1.165) is 29.1 Å². The number of nitrogens with one attached hydrogen (secondary N) is 1. The Balaban J connectivity index is 1.41. The molecular weight excluding hydrogens is 404 g/mol. The summed E-state index contributed by atoms with van der Waals surface area (Å²) in [7, 11) is 3.43. The molecule has 1 aliphatic carbocycles. The highest BCUT2D eigenvalue weighted by Crippen LogP contribution is 2.46. The fourth-order valence-corrected chi connectivity index (χ4v) is 3.74. The zero-order chi connectivity index (χ0) is 21.4. The van der Waals surface area contributed by atoms with Crippen molar-refractivity contribution < 1.29 is 4.74 Å². The first-order chi connectivity index (χ1) is 14.3. The molecule has 0 amide bonds. The van der Waals surface area contributed by atoms with E-state index in [-0.39, 0.29) is 5.56 Å². The van der Waals surface area contributed by atoms with Gasteiger partial charge >= 0.3 is 0 Å². The highest BCUT2D eigenvalue weighted by Gasteiger charge is 2.40. The zero-order valence-corrected chi connectivity index (χ0v) is 18.3. The molecule has 2 atom stereocenters. The predicted molar refractivity (Wildman–Crippen MR) is 115 cm³/mol. The molecule has 30 heavy (non-hydrogen) atoms. The maximum Gasteiger partial charge on any atom is 0.290 e. The Hall–Kier alpha value is -2.87. The van der Waals surface area contributed by atoms with Crippen molar-refractivity contribution in [1.82, 2.24) is 24.5 Å². The number of pyridine rings is 1. The summed E-state index contributed by atoms with van der Waals surface area (Å²) in [5.41, 5.74) is 4.00. The Morgan fingerprint density at radius 1 is 1.23 bits per heavy atom. The quantitative estimate of drug-likeness (QED) is 0.622. The van der Waals surface area contributed by atoms with E-state index in [2.05, 4.69) is 32.6 Å². The molecule has 0 unspecified atom stereocenters. The number of ether oxygens (including phenoxy) is 1. The zero-order valence-electron chi connectivity index (χ0n) is 17.5. The van der Waals surface area contributed by atoms with Gasteiger partial charge in [-0.3, -0.25) is 14.5 Å². The summed E-state index contributed by atoms with van der Waals surface area (Å²) in [6.45, 7) is 4.79. The Labute approximate surface area is 179 Å². The lowest BCUT2D eigenvalue weighted by Crippen LogP contribution is -2.24. The van der Waals surface area contributed by atoms with Gasteiger partial charge in [0.25, 0.3) is 5.56 Å².